The summed E-state index contributed by atoms with van der Waals surface area (Å²) >= 11 is 1.34. The van der Waals surface area contributed by atoms with E-state index in [1.807, 2.05) is 4.57 Å². The summed E-state index contributed by atoms with van der Waals surface area (Å²) in [7, 11) is 0. The van der Waals surface area contributed by atoms with Crippen molar-refractivity contribution < 1.29 is 9.18 Å². The third-order valence-electron chi connectivity index (χ3n) is 5.29. The van der Waals surface area contributed by atoms with Crippen LogP contribution >= 0.6 is 11.8 Å². The fourth-order valence-electron chi connectivity index (χ4n) is 3.66. The van der Waals surface area contributed by atoms with E-state index in [0.29, 0.717) is 10.9 Å². The molecular weight excluding hydrogens is 389 g/mol. The molecule has 0 unspecified atom stereocenters. The average Bonchev–Trinajstić information content (AvgIpc) is 3.43. The van der Waals surface area contributed by atoms with Gasteiger partial charge in [0.15, 0.2) is 16.8 Å². The quantitative estimate of drug-likeness (QED) is 0.463. The number of nitrogens with one attached hydrogen (secondary N) is 1. The number of aromatic amines is 1. The number of thioether (sulfide) groups is 1. The smallest absolute Gasteiger partial charge is 0.196 e. The summed E-state index contributed by atoms with van der Waals surface area (Å²) in [4.78, 5) is 17.7. The second-order valence-electron chi connectivity index (χ2n) is 7.22. The minimum Gasteiger partial charge on any atom is -0.359 e. The van der Waals surface area contributed by atoms with E-state index in [4.69, 9.17) is 0 Å². The lowest BCUT2D eigenvalue weighted by Gasteiger charge is -2.31. The van der Waals surface area contributed by atoms with Crippen molar-refractivity contribution in [1.29, 1.82) is 0 Å². The Labute approximate surface area is 173 Å². The maximum absolute atomic E-state index is 13.5. The average molecular weight is 414 g/mol. The molecule has 3 aromatic rings. The van der Waals surface area contributed by atoms with Crippen molar-refractivity contribution >= 4 is 17.5 Å². The van der Waals surface area contributed by atoms with Crippen LogP contribution in [-0.4, -0.2) is 49.3 Å². The van der Waals surface area contributed by atoms with Crippen LogP contribution in [0.25, 0.3) is 5.69 Å². The molecule has 3 heterocycles. The molecule has 152 valence electrons. The first-order chi connectivity index (χ1) is 14.1. The number of benzene rings is 1. The first kappa shape index (κ1) is 19.8. The molecule has 1 aromatic carbocycles. The molecule has 1 N–H and O–H groups in total. The summed E-state index contributed by atoms with van der Waals surface area (Å²) in [6.45, 7) is 4.20. The molecule has 6 nitrogen and oxygen atoms in total. The molecule has 0 aliphatic carbocycles. The van der Waals surface area contributed by atoms with E-state index in [-0.39, 0.29) is 23.4 Å². The maximum Gasteiger partial charge on any atom is 0.196 e. The Balaban J connectivity index is 1.62. The Morgan fingerprint density at radius 2 is 1.93 bits per heavy atom. The highest BCUT2D eigenvalue weighted by Gasteiger charge is 2.26. The molecule has 1 fully saturated rings. The van der Waals surface area contributed by atoms with Crippen molar-refractivity contribution in [3.63, 3.8) is 0 Å². The van der Waals surface area contributed by atoms with Gasteiger partial charge in [-0.3, -0.25) is 14.3 Å². The number of H-pyrrole nitrogens is 1. The highest BCUT2D eigenvalue weighted by molar-refractivity contribution is 7.99. The molecule has 2 aromatic heterocycles. The predicted octanol–water partition coefficient (Wildman–Crippen LogP) is 4.26. The summed E-state index contributed by atoms with van der Waals surface area (Å²) in [6.07, 6.45) is 5.36. The Morgan fingerprint density at radius 1 is 1.17 bits per heavy atom. The SMILES string of the molecule is C[C@@H](c1nnc(SCC(=O)c2ccc[nH]2)n1-c1ccc(F)cc1)N1CCCCC1. The molecule has 4 rings (SSSR count). The topological polar surface area (TPSA) is 66.8 Å². The third kappa shape index (κ3) is 4.43. The Bertz CT molecular complexity index is 948. The van der Waals surface area contributed by atoms with Gasteiger partial charge in [-0.25, -0.2) is 4.39 Å². The van der Waals surface area contributed by atoms with Crippen molar-refractivity contribution in [2.24, 2.45) is 0 Å². The van der Waals surface area contributed by atoms with Gasteiger partial charge in [0.05, 0.1) is 17.5 Å². The van der Waals surface area contributed by atoms with Crippen LogP contribution in [0.3, 0.4) is 0 Å². The number of nitrogens with zero attached hydrogens (tertiary/aromatic N) is 4. The first-order valence-corrected chi connectivity index (χ1v) is 10.9. The van der Waals surface area contributed by atoms with Crippen LogP contribution in [0.2, 0.25) is 0 Å². The van der Waals surface area contributed by atoms with Gasteiger partial charge in [-0.2, -0.15) is 0 Å². The van der Waals surface area contributed by atoms with Crippen molar-refractivity contribution in [1.82, 2.24) is 24.6 Å². The molecule has 0 radical (unpaired) electrons. The van der Waals surface area contributed by atoms with Gasteiger partial charge in [-0.1, -0.05) is 18.2 Å². The zero-order valence-electron chi connectivity index (χ0n) is 16.3. The van der Waals surface area contributed by atoms with E-state index in [9.17, 15) is 9.18 Å². The van der Waals surface area contributed by atoms with Gasteiger partial charge >= 0.3 is 0 Å². The van der Waals surface area contributed by atoms with Crippen LogP contribution < -0.4 is 0 Å². The van der Waals surface area contributed by atoms with Gasteiger partial charge in [0.2, 0.25) is 0 Å². The van der Waals surface area contributed by atoms with Crippen molar-refractivity contribution in [2.45, 2.75) is 37.4 Å². The molecule has 0 saturated carbocycles. The lowest BCUT2D eigenvalue weighted by molar-refractivity contribution is 0.101. The van der Waals surface area contributed by atoms with E-state index in [0.717, 1.165) is 24.6 Å². The molecule has 0 bridgehead atoms. The monoisotopic (exact) mass is 413 g/mol. The van der Waals surface area contributed by atoms with Crippen molar-refractivity contribution in [2.75, 3.05) is 18.8 Å². The Kier molecular flexibility index (Phi) is 6.10. The zero-order chi connectivity index (χ0) is 20.2. The minimum atomic E-state index is -0.288. The molecule has 0 amide bonds. The Hall–Kier alpha value is -2.45. The number of Topliss-reactive ketones (excluding diaryl/α,β-unsaturated/α-hetero) is 1. The number of piperidine rings is 1. The number of likely N-dealkylation sites (tertiary alicyclic amines) is 1. The zero-order valence-corrected chi connectivity index (χ0v) is 17.2. The van der Waals surface area contributed by atoms with Gasteiger partial charge in [0.25, 0.3) is 0 Å². The van der Waals surface area contributed by atoms with Gasteiger partial charge < -0.3 is 4.98 Å². The second kappa shape index (κ2) is 8.92. The lowest BCUT2D eigenvalue weighted by Crippen LogP contribution is -2.33. The molecule has 29 heavy (non-hydrogen) atoms. The number of carbonyl (C=O) groups is 1. The van der Waals surface area contributed by atoms with E-state index in [1.165, 1.54) is 43.2 Å². The number of rotatable bonds is 7. The second-order valence-corrected chi connectivity index (χ2v) is 8.16. The molecule has 0 spiro atoms. The summed E-state index contributed by atoms with van der Waals surface area (Å²) in [5.74, 6) is 0.772. The van der Waals surface area contributed by atoms with Crippen LogP contribution in [0, 0.1) is 5.82 Å². The molecule has 1 atom stereocenters. The number of ketones is 1. The molecular formula is C21H24FN5OS. The van der Waals surface area contributed by atoms with Crippen molar-refractivity contribution in [3.05, 3.63) is 59.9 Å². The van der Waals surface area contributed by atoms with Crippen LogP contribution in [0.4, 0.5) is 4.39 Å². The summed E-state index contributed by atoms with van der Waals surface area (Å²) in [6, 6.07) is 9.96. The van der Waals surface area contributed by atoms with E-state index < -0.39 is 0 Å². The molecule has 1 aliphatic rings. The predicted molar refractivity (Wildman–Crippen MR) is 111 cm³/mol. The van der Waals surface area contributed by atoms with Gasteiger partial charge in [0.1, 0.15) is 5.82 Å². The van der Waals surface area contributed by atoms with Crippen molar-refractivity contribution in [3.8, 4) is 5.69 Å². The van der Waals surface area contributed by atoms with E-state index in [1.54, 1.807) is 30.5 Å². The van der Waals surface area contributed by atoms with Gasteiger partial charge in [0, 0.05) is 11.9 Å². The molecule has 8 heteroatoms. The summed E-state index contributed by atoms with van der Waals surface area (Å²) in [5.41, 5.74) is 1.37. The van der Waals surface area contributed by atoms with Gasteiger partial charge in [-0.05, 0) is 69.3 Å². The summed E-state index contributed by atoms with van der Waals surface area (Å²) < 4.78 is 15.4. The maximum atomic E-state index is 13.5. The third-order valence-corrected chi connectivity index (χ3v) is 6.21. The number of halogens is 1. The van der Waals surface area contributed by atoms with E-state index in [2.05, 4.69) is 27.0 Å². The van der Waals surface area contributed by atoms with E-state index >= 15 is 0 Å². The number of aromatic nitrogens is 4. The van der Waals surface area contributed by atoms with Gasteiger partial charge in [-0.15, -0.1) is 10.2 Å². The fraction of sp³-hybridized carbons (Fsp3) is 0.381. The Morgan fingerprint density at radius 3 is 2.62 bits per heavy atom. The molecule has 1 saturated heterocycles. The van der Waals surface area contributed by atoms with Crippen LogP contribution in [0.1, 0.15) is 48.5 Å². The highest BCUT2D eigenvalue weighted by Crippen LogP contribution is 2.29. The number of hydrogen-bond acceptors (Lipinski definition) is 5. The largest absolute Gasteiger partial charge is 0.359 e. The number of hydrogen-bond donors (Lipinski definition) is 1. The van der Waals surface area contributed by atoms with Crippen LogP contribution in [-0.2, 0) is 0 Å². The lowest BCUT2D eigenvalue weighted by atomic mass is 10.1. The number of carbonyl (C=O) groups excluding carboxylic acids is 1. The molecule has 1 aliphatic heterocycles. The normalized spacial score (nSPS) is 16.1. The summed E-state index contributed by atoms with van der Waals surface area (Å²) in [5, 5.41) is 9.48. The standard InChI is InChI=1S/C21H24FN5OS/c1-15(26-12-3-2-4-13-26)20-24-25-21(27(20)17-9-7-16(22)8-10-17)29-14-19(28)18-6-5-11-23-18/h5-11,15,23H,2-4,12-14H2,1H3/t15-/m0/s1. The van der Waals surface area contributed by atoms with Crippen LogP contribution in [0.15, 0.2) is 47.8 Å². The highest BCUT2D eigenvalue weighted by atomic mass is 32.2. The fourth-order valence-corrected chi connectivity index (χ4v) is 4.50. The van der Waals surface area contributed by atoms with Crippen LogP contribution in [0.5, 0.6) is 0 Å². The first-order valence-electron chi connectivity index (χ1n) is 9.88. The minimum absolute atomic E-state index is 0.000662.